The van der Waals surface area contributed by atoms with Crippen LogP contribution in [-0.2, 0) is 23.9 Å². The van der Waals surface area contributed by atoms with Crippen LogP contribution in [0.2, 0.25) is 0 Å². The van der Waals surface area contributed by atoms with Gasteiger partial charge in [-0.1, -0.05) is 13.0 Å². The Hall–Kier alpha value is -3.03. The molecule has 0 aliphatic rings. The molecule has 2 unspecified atom stereocenters. The van der Waals surface area contributed by atoms with E-state index in [1.807, 2.05) is 0 Å². The van der Waals surface area contributed by atoms with Crippen LogP contribution < -0.4 is 14.6 Å². The molecule has 0 saturated heterocycles. The van der Waals surface area contributed by atoms with Gasteiger partial charge in [-0.2, -0.15) is 0 Å². The molecule has 0 amide bonds. The molecule has 0 aliphatic carbocycles. The molecule has 0 saturated carbocycles. The Balaban J connectivity index is 3.77. The minimum atomic E-state index is -1.41. The molecule has 1 rings (SSSR count). The van der Waals surface area contributed by atoms with Crippen LogP contribution in [0.5, 0.6) is 11.5 Å². The molecule has 0 radical (unpaired) electrons. The van der Waals surface area contributed by atoms with Crippen molar-refractivity contribution in [1.82, 2.24) is 0 Å². The number of carbonyl (C=O) groups is 3. The average molecular weight is 407 g/mol. The van der Waals surface area contributed by atoms with Crippen LogP contribution in [0.4, 0.5) is 0 Å². The van der Waals surface area contributed by atoms with Crippen molar-refractivity contribution >= 4 is 17.7 Å². The third-order valence-electron chi connectivity index (χ3n) is 4.26. The predicted octanol–water partition coefficient (Wildman–Crippen LogP) is 1.75. The van der Waals surface area contributed by atoms with E-state index in [-0.39, 0.29) is 18.8 Å². The van der Waals surface area contributed by atoms with Crippen LogP contribution in [0.25, 0.3) is 0 Å². The molecule has 8 heteroatoms. The predicted molar refractivity (Wildman–Crippen MR) is 102 cm³/mol. The van der Waals surface area contributed by atoms with E-state index in [0.29, 0.717) is 17.1 Å². The van der Waals surface area contributed by atoms with Crippen molar-refractivity contribution < 1.29 is 38.4 Å². The highest BCUT2D eigenvalue weighted by molar-refractivity contribution is 6.02. The minimum absolute atomic E-state index is 0.0262. The highest BCUT2D eigenvalue weighted by atomic mass is 16.5. The summed E-state index contributed by atoms with van der Waals surface area (Å²) in [5, 5.41) is 12.4. The molecule has 160 valence electrons. The van der Waals surface area contributed by atoms with Crippen molar-refractivity contribution in [3.05, 3.63) is 35.1 Å². The SMILES string of the molecule is CCOC(=O)/C(=C(\C)[O-])C(c1ccc(OC)c(OC)c1)C(C(C)=O)C(=O)OCC. The molecule has 0 aromatic heterocycles. The van der Waals surface area contributed by atoms with E-state index in [4.69, 9.17) is 18.9 Å². The summed E-state index contributed by atoms with van der Waals surface area (Å²) in [5.41, 5.74) is 0.0291. The second-order valence-electron chi connectivity index (χ2n) is 6.12. The molecule has 0 spiro atoms. The van der Waals surface area contributed by atoms with Gasteiger partial charge in [0.25, 0.3) is 0 Å². The van der Waals surface area contributed by atoms with Crippen molar-refractivity contribution in [2.75, 3.05) is 27.4 Å². The number of ether oxygens (including phenoxy) is 4. The van der Waals surface area contributed by atoms with E-state index in [9.17, 15) is 19.5 Å². The first-order valence-corrected chi connectivity index (χ1v) is 9.17. The first kappa shape index (κ1) is 24.0. The maximum Gasteiger partial charge on any atom is 0.333 e. The molecule has 0 aliphatic heterocycles. The van der Waals surface area contributed by atoms with Crippen LogP contribution >= 0.6 is 0 Å². The fourth-order valence-electron chi connectivity index (χ4n) is 3.04. The van der Waals surface area contributed by atoms with Crippen LogP contribution in [0, 0.1) is 5.92 Å². The van der Waals surface area contributed by atoms with Crippen LogP contribution in [0.1, 0.15) is 39.2 Å². The Morgan fingerprint density at radius 1 is 0.966 bits per heavy atom. The molecule has 29 heavy (non-hydrogen) atoms. The highest BCUT2D eigenvalue weighted by Crippen LogP contribution is 2.39. The minimum Gasteiger partial charge on any atom is -0.875 e. The smallest absolute Gasteiger partial charge is 0.333 e. The zero-order chi connectivity index (χ0) is 22.1. The molecule has 0 bridgehead atoms. The Bertz CT molecular complexity index is 777. The lowest BCUT2D eigenvalue weighted by molar-refractivity contribution is -0.303. The fraction of sp³-hybridized carbons (Fsp3) is 0.476. The number of benzene rings is 1. The van der Waals surface area contributed by atoms with Gasteiger partial charge in [-0.3, -0.25) is 9.59 Å². The maximum atomic E-state index is 12.6. The Labute approximate surface area is 170 Å². The number of ketones is 1. The van der Waals surface area contributed by atoms with Gasteiger partial charge in [0.2, 0.25) is 0 Å². The molecule has 1 aromatic rings. The quantitative estimate of drug-likeness (QED) is 0.250. The number of rotatable bonds is 10. The van der Waals surface area contributed by atoms with Crippen molar-refractivity contribution in [3.63, 3.8) is 0 Å². The fourth-order valence-corrected chi connectivity index (χ4v) is 3.04. The monoisotopic (exact) mass is 407 g/mol. The molecular formula is C21H27O8-. The van der Waals surface area contributed by atoms with Gasteiger partial charge < -0.3 is 24.1 Å². The lowest BCUT2D eigenvalue weighted by atomic mass is 9.77. The summed E-state index contributed by atoms with van der Waals surface area (Å²) in [6, 6.07) is 4.64. The molecule has 1 aromatic carbocycles. The summed E-state index contributed by atoms with van der Waals surface area (Å²) in [6.45, 7) is 5.64. The van der Waals surface area contributed by atoms with Gasteiger partial charge in [-0.15, -0.1) is 5.76 Å². The molecule has 0 N–H and O–H groups in total. The number of Topliss-reactive ketones (excluding diaryl/α,β-unsaturated/α-hetero) is 1. The van der Waals surface area contributed by atoms with Crippen LogP contribution in [0.3, 0.4) is 0 Å². The van der Waals surface area contributed by atoms with E-state index >= 15 is 0 Å². The third-order valence-corrected chi connectivity index (χ3v) is 4.26. The summed E-state index contributed by atoms with van der Waals surface area (Å²) in [4.78, 5) is 37.6. The number of carbonyl (C=O) groups excluding carboxylic acids is 3. The van der Waals surface area contributed by atoms with Gasteiger partial charge >= 0.3 is 11.9 Å². The molecular weight excluding hydrogens is 380 g/mol. The summed E-state index contributed by atoms with van der Waals surface area (Å²) >= 11 is 0. The lowest BCUT2D eigenvalue weighted by Crippen LogP contribution is -2.35. The molecule has 2 atom stereocenters. The summed E-state index contributed by atoms with van der Waals surface area (Å²) in [7, 11) is 2.88. The number of allylic oxidation sites excluding steroid dienone is 1. The largest absolute Gasteiger partial charge is 0.875 e. The number of hydrogen-bond donors (Lipinski definition) is 0. The van der Waals surface area contributed by atoms with E-state index in [0.717, 1.165) is 0 Å². The van der Waals surface area contributed by atoms with Crippen molar-refractivity contribution in [2.24, 2.45) is 5.92 Å². The van der Waals surface area contributed by atoms with Gasteiger partial charge in [0, 0.05) is 11.5 Å². The topological polar surface area (TPSA) is 111 Å². The Morgan fingerprint density at radius 2 is 1.55 bits per heavy atom. The van der Waals surface area contributed by atoms with E-state index in [1.54, 1.807) is 26.0 Å². The van der Waals surface area contributed by atoms with Crippen molar-refractivity contribution in [3.8, 4) is 11.5 Å². The summed E-state index contributed by atoms with van der Waals surface area (Å²) in [5.74, 6) is -4.78. The lowest BCUT2D eigenvalue weighted by Gasteiger charge is -2.29. The van der Waals surface area contributed by atoms with Crippen LogP contribution in [0.15, 0.2) is 29.5 Å². The van der Waals surface area contributed by atoms with E-state index < -0.39 is 35.3 Å². The van der Waals surface area contributed by atoms with Gasteiger partial charge in [0.15, 0.2) is 11.5 Å². The van der Waals surface area contributed by atoms with Gasteiger partial charge in [-0.25, -0.2) is 4.79 Å². The molecule has 0 heterocycles. The van der Waals surface area contributed by atoms with Crippen molar-refractivity contribution in [1.29, 1.82) is 0 Å². The highest BCUT2D eigenvalue weighted by Gasteiger charge is 2.40. The maximum absolute atomic E-state index is 12.6. The zero-order valence-electron chi connectivity index (χ0n) is 17.6. The normalized spacial score (nSPS) is 13.6. The first-order valence-electron chi connectivity index (χ1n) is 9.17. The zero-order valence-corrected chi connectivity index (χ0v) is 17.6. The number of esters is 2. The van der Waals surface area contributed by atoms with Gasteiger partial charge in [0.1, 0.15) is 11.7 Å². The standard InChI is InChI=1S/C21H28O8/c1-7-28-20(24)17(12(3)22)19(18(13(4)23)21(25)29-8-2)14-9-10-15(26-5)16(11-14)27-6/h9-11,17,19,23H,7-8H2,1-6H3/p-1/b18-13+. The molecule has 8 nitrogen and oxygen atoms in total. The number of methoxy groups -OCH3 is 2. The van der Waals surface area contributed by atoms with E-state index in [2.05, 4.69) is 0 Å². The Morgan fingerprint density at radius 3 is 2.00 bits per heavy atom. The molecule has 0 fully saturated rings. The second-order valence-corrected chi connectivity index (χ2v) is 6.12. The Kier molecular flexibility index (Phi) is 9.18. The van der Waals surface area contributed by atoms with Gasteiger partial charge in [0.05, 0.1) is 27.4 Å². The van der Waals surface area contributed by atoms with E-state index in [1.165, 1.54) is 34.1 Å². The van der Waals surface area contributed by atoms with Gasteiger partial charge in [-0.05, 0) is 38.5 Å². The third kappa shape index (κ3) is 5.73. The second kappa shape index (κ2) is 11.1. The average Bonchev–Trinajstić information content (AvgIpc) is 2.66. The number of hydrogen-bond acceptors (Lipinski definition) is 8. The summed E-state index contributed by atoms with van der Waals surface area (Å²) < 4.78 is 20.6. The summed E-state index contributed by atoms with van der Waals surface area (Å²) in [6.07, 6.45) is 0. The van der Waals surface area contributed by atoms with Crippen LogP contribution in [-0.4, -0.2) is 45.2 Å². The first-order chi connectivity index (χ1) is 13.7. The van der Waals surface area contributed by atoms with Crippen molar-refractivity contribution in [2.45, 2.75) is 33.6 Å².